The fourth-order valence-electron chi connectivity index (χ4n) is 2.08. The highest BCUT2D eigenvalue weighted by molar-refractivity contribution is 6.30. The number of halogens is 2. The van der Waals surface area contributed by atoms with E-state index >= 15 is 0 Å². The number of carbonyl (C=O) groups is 1. The average molecular weight is 399 g/mol. The number of carbonyl (C=O) groups excluding carboxylic acids is 1. The minimum Gasteiger partial charge on any atom is -0.490 e. The molecule has 2 rings (SSSR count). The van der Waals surface area contributed by atoms with Gasteiger partial charge in [0.05, 0.1) is 0 Å². The maximum Gasteiger partial charge on any atom is 0.221 e. The van der Waals surface area contributed by atoms with Crippen molar-refractivity contribution < 1.29 is 14.3 Å². The highest BCUT2D eigenvalue weighted by Crippen LogP contribution is 2.16. The minimum absolute atomic E-state index is 0. The lowest BCUT2D eigenvalue weighted by atomic mass is 10.2. The maximum absolute atomic E-state index is 11.6. The summed E-state index contributed by atoms with van der Waals surface area (Å²) in [7, 11) is 1.83. The maximum atomic E-state index is 11.6. The molecule has 0 radical (unpaired) electrons. The zero-order chi connectivity index (χ0) is 17.9. The van der Waals surface area contributed by atoms with Crippen LogP contribution in [0.2, 0.25) is 5.02 Å². The molecule has 1 amide bonds. The van der Waals surface area contributed by atoms with Crippen molar-refractivity contribution in [2.75, 3.05) is 26.8 Å². The van der Waals surface area contributed by atoms with Gasteiger partial charge in [0.1, 0.15) is 24.7 Å². The van der Waals surface area contributed by atoms with Gasteiger partial charge in [-0.3, -0.25) is 4.79 Å². The van der Waals surface area contributed by atoms with E-state index in [2.05, 4.69) is 10.6 Å². The zero-order valence-electron chi connectivity index (χ0n) is 14.7. The summed E-state index contributed by atoms with van der Waals surface area (Å²) in [5.74, 6) is 1.57. The normalized spacial score (nSPS) is 9.92. The third-order valence-electron chi connectivity index (χ3n) is 3.45. The molecule has 0 heterocycles. The Hall–Kier alpha value is -1.95. The van der Waals surface area contributed by atoms with E-state index in [1.807, 2.05) is 43.4 Å². The molecule has 142 valence electrons. The topological polar surface area (TPSA) is 59.6 Å². The Morgan fingerprint density at radius 3 is 2.04 bits per heavy atom. The van der Waals surface area contributed by atoms with Gasteiger partial charge in [-0.25, -0.2) is 0 Å². The molecule has 0 aliphatic carbocycles. The number of rotatable bonds is 10. The molecular weight excluding hydrogens is 375 g/mol. The molecule has 0 spiro atoms. The van der Waals surface area contributed by atoms with E-state index in [-0.39, 0.29) is 18.3 Å². The second kappa shape index (κ2) is 12.4. The van der Waals surface area contributed by atoms with E-state index in [9.17, 15) is 4.79 Å². The van der Waals surface area contributed by atoms with Gasteiger partial charge in [0, 0.05) is 24.5 Å². The summed E-state index contributed by atoms with van der Waals surface area (Å²) in [4.78, 5) is 11.6. The van der Waals surface area contributed by atoms with E-state index in [4.69, 9.17) is 21.1 Å². The molecule has 2 aromatic carbocycles. The Balaban J connectivity index is 0.00000338. The van der Waals surface area contributed by atoms with Crippen molar-refractivity contribution in [3.63, 3.8) is 0 Å². The van der Waals surface area contributed by atoms with Crippen molar-refractivity contribution in [2.24, 2.45) is 0 Å². The quantitative estimate of drug-likeness (QED) is 0.601. The summed E-state index contributed by atoms with van der Waals surface area (Å²) in [6.45, 7) is 2.09. The number of benzene rings is 2. The van der Waals surface area contributed by atoms with Crippen LogP contribution in [0.3, 0.4) is 0 Å². The summed E-state index contributed by atoms with van der Waals surface area (Å²) in [6.07, 6.45) is 0.477. The third-order valence-corrected chi connectivity index (χ3v) is 3.70. The molecule has 2 aromatic rings. The molecule has 0 aliphatic heterocycles. The Morgan fingerprint density at radius 1 is 0.962 bits per heavy atom. The van der Waals surface area contributed by atoms with Crippen molar-refractivity contribution in [2.45, 2.75) is 13.0 Å². The Bertz CT molecular complexity index is 649. The summed E-state index contributed by atoms with van der Waals surface area (Å²) in [5, 5.41) is 6.51. The van der Waals surface area contributed by atoms with Crippen LogP contribution in [0.1, 0.15) is 12.0 Å². The number of amides is 1. The largest absolute Gasteiger partial charge is 0.490 e. The summed E-state index contributed by atoms with van der Waals surface area (Å²) in [6, 6.07) is 14.9. The second-order valence-electron chi connectivity index (χ2n) is 5.43. The van der Waals surface area contributed by atoms with E-state index in [0.29, 0.717) is 37.7 Å². The van der Waals surface area contributed by atoms with Gasteiger partial charge in [-0.05, 0) is 49.0 Å². The molecule has 0 saturated heterocycles. The monoisotopic (exact) mass is 398 g/mol. The molecule has 0 aliphatic rings. The van der Waals surface area contributed by atoms with Crippen LogP contribution in [0.15, 0.2) is 48.5 Å². The first-order valence-corrected chi connectivity index (χ1v) is 8.56. The van der Waals surface area contributed by atoms with Gasteiger partial charge in [0.15, 0.2) is 0 Å². The average Bonchev–Trinajstić information content (AvgIpc) is 2.64. The smallest absolute Gasteiger partial charge is 0.221 e. The third kappa shape index (κ3) is 8.43. The first-order chi connectivity index (χ1) is 12.2. The number of ether oxygens (including phenoxy) is 2. The summed E-state index contributed by atoms with van der Waals surface area (Å²) >= 11 is 5.82. The molecular formula is C19H24Cl2N2O3. The molecule has 26 heavy (non-hydrogen) atoms. The van der Waals surface area contributed by atoms with Gasteiger partial charge in [0.25, 0.3) is 0 Å². The number of nitrogens with one attached hydrogen (secondary N) is 2. The first kappa shape index (κ1) is 22.1. The minimum atomic E-state index is 0. The highest BCUT2D eigenvalue weighted by Gasteiger charge is 2.01. The molecule has 0 saturated carbocycles. The molecule has 0 aromatic heterocycles. The van der Waals surface area contributed by atoms with E-state index in [0.717, 1.165) is 17.1 Å². The standard InChI is InChI=1S/C19H23ClN2O3.ClH/c1-21-11-10-19(23)22-14-15-2-6-17(7-3-15)24-12-13-25-18-8-4-16(20)5-9-18;/h2-9,21H,10-14H2,1H3,(H,22,23);1H. The van der Waals surface area contributed by atoms with Crippen LogP contribution in [-0.4, -0.2) is 32.7 Å². The Labute approximate surface area is 165 Å². The molecule has 2 N–H and O–H groups in total. The lowest BCUT2D eigenvalue weighted by Gasteiger charge is -2.09. The van der Waals surface area contributed by atoms with E-state index < -0.39 is 0 Å². The second-order valence-corrected chi connectivity index (χ2v) is 5.86. The number of hydrogen-bond acceptors (Lipinski definition) is 4. The van der Waals surface area contributed by atoms with Crippen LogP contribution >= 0.6 is 24.0 Å². The molecule has 0 fully saturated rings. The molecule has 0 unspecified atom stereocenters. The van der Waals surface area contributed by atoms with Gasteiger partial charge < -0.3 is 20.1 Å². The SMILES string of the molecule is CNCCC(=O)NCc1ccc(OCCOc2ccc(Cl)cc2)cc1.Cl. The fraction of sp³-hybridized carbons (Fsp3) is 0.316. The van der Waals surface area contributed by atoms with Crippen molar-refractivity contribution in [3.05, 3.63) is 59.1 Å². The lowest BCUT2D eigenvalue weighted by Crippen LogP contribution is -2.26. The Morgan fingerprint density at radius 2 is 1.50 bits per heavy atom. The predicted octanol–water partition coefficient (Wildman–Crippen LogP) is 3.45. The molecule has 5 nitrogen and oxygen atoms in total. The predicted molar refractivity (Wildman–Crippen MR) is 107 cm³/mol. The van der Waals surface area contributed by atoms with Crippen LogP contribution in [-0.2, 0) is 11.3 Å². The van der Waals surface area contributed by atoms with Crippen LogP contribution in [0.4, 0.5) is 0 Å². The lowest BCUT2D eigenvalue weighted by molar-refractivity contribution is -0.121. The van der Waals surface area contributed by atoms with E-state index in [1.165, 1.54) is 0 Å². The molecule has 7 heteroatoms. The van der Waals surface area contributed by atoms with Gasteiger partial charge in [-0.2, -0.15) is 0 Å². The van der Waals surface area contributed by atoms with Crippen molar-refractivity contribution in [1.29, 1.82) is 0 Å². The number of hydrogen-bond donors (Lipinski definition) is 2. The van der Waals surface area contributed by atoms with Crippen molar-refractivity contribution in [3.8, 4) is 11.5 Å². The van der Waals surface area contributed by atoms with Gasteiger partial charge >= 0.3 is 0 Å². The first-order valence-electron chi connectivity index (χ1n) is 8.19. The van der Waals surface area contributed by atoms with Gasteiger partial charge in [0.2, 0.25) is 5.91 Å². The zero-order valence-corrected chi connectivity index (χ0v) is 16.2. The van der Waals surface area contributed by atoms with Crippen molar-refractivity contribution in [1.82, 2.24) is 10.6 Å². The fourth-order valence-corrected chi connectivity index (χ4v) is 2.21. The summed E-state index contributed by atoms with van der Waals surface area (Å²) < 4.78 is 11.2. The van der Waals surface area contributed by atoms with Crippen LogP contribution < -0.4 is 20.1 Å². The Kier molecular flexibility index (Phi) is 10.5. The molecule has 0 bridgehead atoms. The van der Waals surface area contributed by atoms with Crippen molar-refractivity contribution >= 4 is 29.9 Å². The van der Waals surface area contributed by atoms with Crippen LogP contribution in [0.25, 0.3) is 0 Å². The highest BCUT2D eigenvalue weighted by atomic mass is 35.5. The van der Waals surface area contributed by atoms with E-state index in [1.54, 1.807) is 12.1 Å². The van der Waals surface area contributed by atoms with Crippen LogP contribution in [0, 0.1) is 0 Å². The van der Waals surface area contributed by atoms with Gasteiger partial charge in [-0.1, -0.05) is 23.7 Å². The summed E-state index contributed by atoms with van der Waals surface area (Å²) in [5.41, 5.74) is 1.03. The van der Waals surface area contributed by atoms with Crippen LogP contribution in [0.5, 0.6) is 11.5 Å². The molecule has 0 atom stereocenters. The van der Waals surface area contributed by atoms with Gasteiger partial charge in [-0.15, -0.1) is 12.4 Å².